The first-order chi connectivity index (χ1) is 13.7. The SMILES string of the molecule is CC1(C)Cc2c(sc3c2c(=O)n(CC(=O)O)c(=O)n3Cc2ccccc2Cl)CO1. The number of rotatable bonds is 4. The monoisotopic (exact) mass is 434 g/mol. The first-order valence-electron chi connectivity index (χ1n) is 9.05. The molecule has 2 aromatic heterocycles. The Bertz CT molecular complexity index is 1250. The van der Waals surface area contributed by atoms with Crippen molar-refractivity contribution in [2.45, 2.75) is 45.6 Å². The third kappa shape index (κ3) is 3.52. The van der Waals surface area contributed by atoms with E-state index in [-0.39, 0.29) is 6.54 Å². The Labute approximate surface area is 174 Å². The van der Waals surface area contributed by atoms with E-state index in [1.54, 1.807) is 18.2 Å². The minimum absolute atomic E-state index is 0.137. The van der Waals surface area contributed by atoms with Gasteiger partial charge in [0.25, 0.3) is 5.56 Å². The summed E-state index contributed by atoms with van der Waals surface area (Å²) >= 11 is 7.62. The lowest BCUT2D eigenvalue weighted by atomic mass is 9.94. The molecule has 0 amide bonds. The van der Waals surface area contributed by atoms with Crippen LogP contribution in [0.4, 0.5) is 0 Å². The summed E-state index contributed by atoms with van der Waals surface area (Å²) in [6.45, 7) is 3.67. The van der Waals surface area contributed by atoms with E-state index in [1.165, 1.54) is 15.9 Å². The van der Waals surface area contributed by atoms with Gasteiger partial charge in [-0.05, 0) is 31.0 Å². The third-order valence-corrected chi connectivity index (χ3v) is 6.61. The molecule has 3 aromatic rings. The molecule has 0 saturated carbocycles. The molecule has 1 N–H and O–H groups in total. The van der Waals surface area contributed by atoms with Gasteiger partial charge in [0.15, 0.2) is 0 Å². The maximum absolute atomic E-state index is 13.1. The summed E-state index contributed by atoms with van der Waals surface area (Å²) in [5.41, 5.74) is -0.143. The summed E-state index contributed by atoms with van der Waals surface area (Å²) < 4.78 is 8.09. The van der Waals surface area contributed by atoms with Crippen LogP contribution in [0.1, 0.15) is 29.9 Å². The minimum atomic E-state index is -1.25. The van der Waals surface area contributed by atoms with Gasteiger partial charge in [-0.2, -0.15) is 0 Å². The second-order valence-electron chi connectivity index (χ2n) is 7.65. The molecule has 1 aliphatic rings. The van der Waals surface area contributed by atoms with Gasteiger partial charge in [-0.1, -0.05) is 29.8 Å². The summed E-state index contributed by atoms with van der Waals surface area (Å²) in [5, 5.41) is 10.1. The number of hydrogen-bond acceptors (Lipinski definition) is 5. The van der Waals surface area contributed by atoms with E-state index in [9.17, 15) is 19.5 Å². The lowest BCUT2D eigenvalue weighted by Crippen LogP contribution is -2.42. The van der Waals surface area contributed by atoms with Crippen molar-refractivity contribution >= 4 is 39.1 Å². The first kappa shape index (κ1) is 19.9. The number of hydrogen-bond donors (Lipinski definition) is 1. The largest absolute Gasteiger partial charge is 0.480 e. The zero-order valence-electron chi connectivity index (χ0n) is 15.9. The van der Waals surface area contributed by atoms with Crippen LogP contribution in [-0.4, -0.2) is 25.8 Å². The molecule has 0 fully saturated rings. The zero-order valence-corrected chi connectivity index (χ0v) is 17.5. The molecule has 3 heterocycles. The van der Waals surface area contributed by atoms with Crippen LogP contribution in [0.3, 0.4) is 0 Å². The molecule has 0 saturated heterocycles. The zero-order chi connectivity index (χ0) is 20.9. The van der Waals surface area contributed by atoms with Crippen molar-refractivity contribution in [2.75, 3.05) is 0 Å². The van der Waals surface area contributed by atoms with Gasteiger partial charge in [0.1, 0.15) is 11.4 Å². The number of thiophene rings is 1. The van der Waals surface area contributed by atoms with Crippen molar-refractivity contribution in [2.24, 2.45) is 0 Å². The fourth-order valence-electron chi connectivity index (χ4n) is 3.62. The maximum atomic E-state index is 13.1. The molecular weight excluding hydrogens is 416 g/mol. The van der Waals surface area contributed by atoms with Crippen LogP contribution in [0, 0.1) is 0 Å². The third-order valence-electron chi connectivity index (χ3n) is 5.01. The average molecular weight is 435 g/mol. The maximum Gasteiger partial charge on any atom is 0.332 e. The number of halogens is 1. The molecule has 4 rings (SSSR count). The van der Waals surface area contributed by atoms with Crippen LogP contribution < -0.4 is 11.2 Å². The number of carboxylic acids is 1. The number of ether oxygens (including phenoxy) is 1. The van der Waals surface area contributed by atoms with Gasteiger partial charge in [0.2, 0.25) is 0 Å². The van der Waals surface area contributed by atoms with E-state index in [2.05, 4.69) is 0 Å². The van der Waals surface area contributed by atoms with Crippen LogP contribution in [0.25, 0.3) is 10.2 Å². The highest BCUT2D eigenvalue weighted by Crippen LogP contribution is 2.37. The van der Waals surface area contributed by atoms with Gasteiger partial charge in [-0.25, -0.2) is 9.36 Å². The summed E-state index contributed by atoms with van der Waals surface area (Å²) in [7, 11) is 0. The second-order valence-corrected chi connectivity index (χ2v) is 9.15. The van der Waals surface area contributed by atoms with Gasteiger partial charge < -0.3 is 9.84 Å². The number of benzene rings is 1. The summed E-state index contributed by atoms with van der Waals surface area (Å²) in [4.78, 5) is 38.9. The topological polar surface area (TPSA) is 90.5 Å². The highest BCUT2D eigenvalue weighted by molar-refractivity contribution is 7.18. The normalized spacial score (nSPS) is 15.4. The Balaban J connectivity index is 2.03. The average Bonchev–Trinajstić information content (AvgIpc) is 3.01. The highest BCUT2D eigenvalue weighted by Gasteiger charge is 2.32. The molecule has 0 radical (unpaired) electrons. The summed E-state index contributed by atoms with van der Waals surface area (Å²) in [5.74, 6) is -1.25. The van der Waals surface area contributed by atoms with Gasteiger partial charge in [-0.15, -0.1) is 11.3 Å². The number of fused-ring (bicyclic) bond motifs is 3. The Morgan fingerprint density at radius 1 is 1.28 bits per heavy atom. The molecule has 0 spiro atoms. The van der Waals surface area contributed by atoms with Gasteiger partial charge >= 0.3 is 11.7 Å². The van der Waals surface area contributed by atoms with Crippen LogP contribution in [0.2, 0.25) is 5.02 Å². The Morgan fingerprint density at radius 2 is 2.00 bits per heavy atom. The van der Waals surface area contributed by atoms with Gasteiger partial charge in [0.05, 0.1) is 24.1 Å². The number of carboxylic acid groups (broad SMARTS) is 1. The summed E-state index contributed by atoms with van der Waals surface area (Å²) in [6, 6.07) is 7.13. The van der Waals surface area contributed by atoms with Gasteiger partial charge in [-0.3, -0.25) is 14.2 Å². The van der Waals surface area contributed by atoms with Crippen molar-refractivity contribution in [3.63, 3.8) is 0 Å². The van der Waals surface area contributed by atoms with Crippen LogP contribution in [0.15, 0.2) is 33.9 Å². The molecule has 1 aromatic carbocycles. The Hall–Kier alpha value is -2.42. The van der Waals surface area contributed by atoms with E-state index in [4.69, 9.17) is 16.3 Å². The van der Waals surface area contributed by atoms with Crippen LogP contribution in [-0.2, 0) is 35.6 Å². The molecule has 0 aliphatic carbocycles. The molecule has 9 heteroatoms. The van der Waals surface area contributed by atoms with Crippen molar-refractivity contribution in [3.05, 3.63) is 66.1 Å². The quantitative estimate of drug-likeness (QED) is 0.681. The highest BCUT2D eigenvalue weighted by atomic mass is 35.5. The van der Waals surface area contributed by atoms with Crippen molar-refractivity contribution in [1.82, 2.24) is 9.13 Å². The fraction of sp³-hybridized carbons (Fsp3) is 0.350. The standard InChI is InChI=1S/C20H19ClN2O5S/c1-20(2)7-12-14(10-28-20)29-18-16(12)17(26)22(9-15(24)25)19(27)23(18)8-11-5-3-4-6-13(11)21/h3-6H,7-10H2,1-2H3,(H,24,25). The van der Waals surface area contributed by atoms with Crippen LogP contribution >= 0.6 is 22.9 Å². The first-order valence-corrected chi connectivity index (χ1v) is 10.2. The minimum Gasteiger partial charge on any atom is -0.480 e. The van der Waals surface area contributed by atoms with Crippen LogP contribution in [0.5, 0.6) is 0 Å². The lowest BCUT2D eigenvalue weighted by Gasteiger charge is -2.29. The fourth-order valence-corrected chi connectivity index (χ4v) is 5.02. The lowest BCUT2D eigenvalue weighted by molar-refractivity contribution is -0.137. The molecule has 0 atom stereocenters. The molecular formula is C20H19ClN2O5S. The molecule has 152 valence electrons. The number of carbonyl (C=O) groups is 1. The van der Waals surface area contributed by atoms with E-state index in [0.29, 0.717) is 33.8 Å². The van der Waals surface area contributed by atoms with E-state index in [1.807, 2.05) is 19.9 Å². The molecule has 0 unspecified atom stereocenters. The van der Waals surface area contributed by atoms with Gasteiger partial charge in [0, 0.05) is 16.3 Å². The van der Waals surface area contributed by atoms with E-state index >= 15 is 0 Å². The smallest absolute Gasteiger partial charge is 0.332 e. The summed E-state index contributed by atoms with van der Waals surface area (Å²) in [6.07, 6.45) is 0.509. The predicted octanol–water partition coefficient (Wildman–Crippen LogP) is 2.86. The number of aliphatic carboxylic acids is 1. The Morgan fingerprint density at radius 3 is 2.69 bits per heavy atom. The Kier molecular flexibility index (Phi) is 4.88. The second kappa shape index (κ2) is 7.12. The van der Waals surface area contributed by atoms with Crippen molar-refractivity contribution in [1.29, 1.82) is 0 Å². The number of nitrogens with zero attached hydrogens (tertiary/aromatic N) is 2. The molecule has 7 nitrogen and oxygen atoms in total. The number of aromatic nitrogens is 2. The molecule has 29 heavy (non-hydrogen) atoms. The van der Waals surface area contributed by atoms with Crippen molar-refractivity contribution < 1.29 is 14.6 Å². The molecule has 0 bridgehead atoms. The molecule has 1 aliphatic heterocycles. The predicted molar refractivity (Wildman–Crippen MR) is 111 cm³/mol. The van der Waals surface area contributed by atoms with Crippen molar-refractivity contribution in [3.8, 4) is 0 Å². The van der Waals surface area contributed by atoms with E-state index < -0.39 is 29.4 Å². The van der Waals surface area contributed by atoms with E-state index in [0.717, 1.165) is 15.0 Å².